The molecule has 0 fully saturated rings. The largest absolute Gasteiger partial charge is 0.427 e. The summed E-state index contributed by atoms with van der Waals surface area (Å²) in [6.45, 7) is 2.83. The minimum absolute atomic E-state index is 0.118. The minimum Gasteiger partial charge on any atom is -0.427 e. The Kier molecular flexibility index (Phi) is 4.67. The number of hydrogen-bond donors (Lipinski definition) is 0. The van der Waals surface area contributed by atoms with Crippen molar-refractivity contribution < 1.29 is 14.3 Å². The zero-order chi connectivity index (χ0) is 18.0. The van der Waals surface area contributed by atoms with Crippen molar-refractivity contribution in [1.82, 2.24) is 9.78 Å². The Balaban J connectivity index is 2.16. The third-order valence-corrected chi connectivity index (χ3v) is 3.96. The summed E-state index contributed by atoms with van der Waals surface area (Å²) in [5, 5.41) is 4.66. The number of carbonyl (C=O) groups excluding carboxylic acids is 2. The number of halogens is 1. The van der Waals surface area contributed by atoms with E-state index in [1.807, 2.05) is 0 Å². The van der Waals surface area contributed by atoms with E-state index >= 15 is 0 Å². The summed E-state index contributed by atoms with van der Waals surface area (Å²) in [5.41, 5.74) is 2.51. The van der Waals surface area contributed by atoms with E-state index in [9.17, 15) is 9.59 Å². The van der Waals surface area contributed by atoms with Crippen LogP contribution in [0.25, 0.3) is 16.8 Å². The first-order chi connectivity index (χ1) is 12.0. The molecule has 126 valence electrons. The quantitative estimate of drug-likeness (QED) is 0.397. The highest BCUT2D eigenvalue weighted by molar-refractivity contribution is 6.34. The van der Waals surface area contributed by atoms with Gasteiger partial charge in [0.05, 0.1) is 11.3 Å². The van der Waals surface area contributed by atoms with Crippen LogP contribution < -0.4 is 4.74 Å². The molecule has 0 saturated carbocycles. The SMILES string of the molecule is CC(=O)Oc1ccc(-c2c(Cl)ccc(-n3cccn3)c2C(C)=O)cc1. The first kappa shape index (κ1) is 16.9. The summed E-state index contributed by atoms with van der Waals surface area (Å²) in [7, 11) is 0. The third-order valence-electron chi connectivity index (χ3n) is 3.64. The van der Waals surface area contributed by atoms with E-state index in [-0.39, 0.29) is 5.78 Å². The summed E-state index contributed by atoms with van der Waals surface area (Å²) in [6, 6.07) is 12.1. The van der Waals surface area contributed by atoms with Gasteiger partial charge >= 0.3 is 5.97 Å². The van der Waals surface area contributed by atoms with Gasteiger partial charge in [0.25, 0.3) is 0 Å². The normalized spacial score (nSPS) is 10.5. The van der Waals surface area contributed by atoms with Gasteiger partial charge < -0.3 is 4.74 Å². The zero-order valence-electron chi connectivity index (χ0n) is 13.7. The molecule has 0 atom stereocenters. The van der Waals surface area contributed by atoms with E-state index in [1.54, 1.807) is 59.5 Å². The van der Waals surface area contributed by atoms with Crippen molar-refractivity contribution in [2.45, 2.75) is 13.8 Å². The molecule has 0 aliphatic heterocycles. The van der Waals surface area contributed by atoms with Gasteiger partial charge in [-0.3, -0.25) is 9.59 Å². The van der Waals surface area contributed by atoms with Crippen molar-refractivity contribution >= 4 is 23.4 Å². The Morgan fingerprint density at radius 2 is 1.80 bits per heavy atom. The van der Waals surface area contributed by atoms with Crippen molar-refractivity contribution in [3.05, 3.63) is 65.4 Å². The molecule has 0 spiro atoms. The molecule has 0 N–H and O–H groups in total. The molecule has 3 rings (SSSR count). The second kappa shape index (κ2) is 6.91. The molecule has 0 radical (unpaired) electrons. The Labute approximate surface area is 149 Å². The van der Waals surface area contributed by atoms with Gasteiger partial charge in [0, 0.05) is 29.9 Å². The molecule has 1 heterocycles. The Morgan fingerprint density at radius 1 is 1.08 bits per heavy atom. The zero-order valence-corrected chi connectivity index (χ0v) is 14.4. The molecule has 25 heavy (non-hydrogen) atoms. The first-order valence-electron chi connectivity index (χ1n) is 7.59. The molecule has 6 heteroatoms. The molecule has 3 aromatic rings. The van der Waals surface area contributed by atoms with Crippen molar-refractivity contribution in [3.8, 4) is 22.6 Å². The van der Waals surface area contributed by atoms with Gasteiger partial charge in [-0.15, -0.1) is 0 Å². The molecule has 0 aliphatic carbocycles. The fourth-order valence-corrected chi connectivity index (χ4v) is 2.93. The number of Topliss-reactive ketones (excluding diaryl/α,β-unsaturated/α-hetero) is 1. The van der Waals surface area contributed by atoms with E-state index in [4.69, 9.17) is 16.3 Å². The molecule has 2 aromatic carbocycles. The topological polar surface area (TPSA) is 61.2 Å². The highest BCUT2D eigenvalue weighted by atomic mass is 35.5. The molecule has 0 bridgehead atoms. The summed E-state index contributed by atoms with van der Waals surface area (Å²) >= 11 is 6.40. The Morgan fingerprint density at radius 3 is 2.36 bits per heavy atom. The molecule has 1 aromatic heterocycles. The Hall–Kier alpha value is -2.92. The highest BCUT2D eigenvalue weighted by Crippen LogP contribution is 2.36. The molecule has 0 saturated heterocycles. The van der Waals surface area contributed by atoms with Gasteiger partial charge in [0.2, 0.25) is 0 Å². The van der Waals surface area contributed by atoms with E-state index in [0.29, 0.717) is 27.6 Å². The van der Waals surface area contributed by atoms with Crippen LogP contribution in [-0.2, 0) is 4.79 Å². The number of ketones is 1. The molecular weight excluding hydrogens is 340 g/mol. The third kappa shape index (κ3) is 3.46. The van der Waals surface area contributed by atoms with Crippen LogP contribution in [0.5, 0.6) is 5.75 Å². The number of benzene rings is 2. The number of ether oxygens (including phenoxy) is 1. The average molecular weight is 355 g/mol. The van der Waals surface area contributed by atoms with Crippen LogP contribution in [0.4, 0.5) is 0 Å². The summed E-state index contributed by atoms with van der Waals surface area (Å²) < 4.78 is 6.67. The van der Waals surface area contributed by atoms with Crippen LogP contribution in [0.15, 0.2) is 54.9 Å². The fraction of sp³-hybridized carbons (Fsp3) is 0.105. The summed E-state index contributed by atoms with van der Waals surface area (Å²) in [4.78, 5) is 23.4. The maximum atomic E-state index is 12.4. The van der Waals surface area contributed by atoms with Crippen LogP contribution in [0.1, 0.15) is 24.2 Å². The van der Waals surface area contributed by atoms with Crippen molar-refractivity contribution in [3.63, 3.8) is 0 Å². The van der Waals surface area contributed by atoms with Gasteiger partial charge in [0.15, 0.2) is 5.78 Å². The van der Waals surface area contributed by atoms with Crippen LogP contribution >= 0.6 is 11.6 Å². The van der Waals surface area contributed by atoms with E-state index in [0.717, 1.165) is 5.56 Å². The molecular formula is C19H15ClN2O3. The monoisotopic (exact) mass is 354 g/mol. The predicted octanol–water partition coefficient (Wildman–Crippen LogP) is 4.32. The molecule has 0 unspecified atom stereocenters. The second-order valence-corrected chi connectivity index (χ2v) is 5.85. The summed E-state index contributed by atoms with van der Waals surface area (Å²) in [6.07, 6.45) is 3.41. The van der Waals surface area contributed by atoms with Crippen molar-refractivity contribution in [2.75, 3.05) is 0 Å². The molecule has 0 aliphatic rings. The lowest BCUT2D eigenvalue weighted by Gasteiger charge is -2.15. The lowest BCUT2D eigenvalue weighted by atomic mass is 9.95. The van der Waals surface area contributed by atoms with E-state index in [2.05, 4.69) is 5.10 Å². The standard InChI is InChI=1S/C19H15ClN2O3/c1-12(23)18-17(22-11-3-10-21-22)9-8-16(20)19(18)14-4-6-15(7-5-14)25-13(2)24/h3-11H,1-2H3. The number of rotatable bonds is 4. The van der Waals surface area contributed by atoms with Crippen LogP contribution in [0, 0.1) is 0 Å². The van der Waals surface area contributed by atoms with Crippen LogP contribution in [-0.4, -0.2) is 21.5 Å². The highest BCUT2D eigenvalue weighted by Gasteiger charge is 2.19. The number of carbonyl (C=O) groups is 2. The lowest BCUT2D eigenvalue weighted by molar-refractivity contribution is -0.131. The lowest BCUT2D eigenvalue weighted by Crippen LogP contribution is -2.07. The Bertz CT molecular complexity index is 932. The predicted molar refractivity (Wildman–Crippen MR) is 95.3 cm³/mol. The van der Waals surface area contributed by atoms with Gasteiger partial charge in [-0.2, -0.15) is 5.10 Å². The van der Waals surface area contributed by atoms with Crippen molar-refractivity contribution in [2.24, 2.45) is 0 Å². The van der Waals surface area contributed by atoms with Crippen LogP contribution in [0.3, 0.4) is 0 Å². The maximum absolute atomic E-state index is 12.4. The summed E-state index contributed by atoms with van der Waals surface area (Å²) in [5.74, 6) is -0.0806. The van der Waals surface area contributed by atoms with E-state index < -0.39 is 5.97 Å². The number of hydrogen-bond acceptors (Lipinski definition) is 4. The van der Waals surface area contributed by atoms with Gasteiger partial charge in [-0.05, 0) is 42.8 Å². The fourth-order valence-electron chi connectivity index (χ4n) is 2.66. The van der Waals surface area contributed by atoms with Gasteiger partial charge in [-0.1, -0.05) is 23.7 Å². The minimum atomic E-state index is -0.393. The smallest absolute Gasteiger partial charge is 0.308 e. The maximum Gasteiger partial charge on any atom is 0.308 e. The number of nitrogens with zero attached hydrogens (tertiary/aromatic N) is 2. The number of esters is 1. The number of aromatic nitrogens is 2. The van der Waals surface area contributed by atoms with Gasteiger partial charge in [0.1, 0.15) is 5.75 Å². The van der Waals surface area contributed by atoms with E-state index in [1.165, 1.54) is 13.8 Å². The molecule has 0 amide bonds. The average Bonchev–Trinajstić information content (AvgIpc) is 3.09. The second-order valence-electron chi connectivity index (χ2n) is 5.44. The van der Waals surface area contributed by atoms with Crippen LogP contribution in [0.2, 0.25) is 5.02 Å². The van der Waals surface area contributed by atoms with Crippen molar-refractivity contribution in [1.29, 1.82) is 0 Å². The van der Waals surface area contributed by atoms with Gasteiger partial charge in [-0.25, -0.2) is 4.68 Å². The first-order valence-corrected chi connectivity index (χ1v) is 7.97. The molecule has 5 nitrogen and oxygen atoms in total.